The molecule has 0 aliphatic carbocycles. The molecule has 0 aliphatic rings. The van der Waals surface area contributed by atoms with Crippen molar-refractivity contribution in [1.82, 2.24) is 0 Å². The monoisotopic (exact) mass is 280 g/mol. The van der Waals surface area contributed by atoms with Crippen molar-refractivity contribution in [1.29, 1.82) is 0 Å². The molecule has 0 saturated heterocycles. The van der Waals surface area contributed by atoms with Gasteiger partial charge in [0.2, 0.25) is 0 Å². The van der Waals surface area contributed by atoms with Gasteiger partial charge in [0.05, 0.1) is 12.2 Å². The van der Waals surface area contributed by atoms with Crippen molar-refractivity contribution < 1.29 is 29.5 Å². The maximum atomic E-state index is 11.8. The minimum absolute atomic E-state index is 0.128. The molecule has 1 N–H and O–H groups in total. The first-order valence-corrected chi connectivity index (χ1v) is 6.15. The molecule has 0 fully saturated rings. The van der Waals surface area contributed by atoms with Crippen molar-refractivity contribution in [3.63, 3.8) is 0 Å². The molecule has 0 atom stereocenters. The number of benzene rings is 1. The number of aliphatic carboxylic acids is 1. The first-order valence-electron chi connectivity index (χ1n) is 6.15. The van der Waals surface area contributed by atoms with Crippen LogP contribution in [0.3, 0.4) is 0 Å². The van der Waals surface area contributed by atoms with Gasteiger partial charge in [0, 0.05) is 6.08 Å². The molecule has 108 valence electrons. The topological polar surface area (TPSA) is 82.1 Å². The van der Waals surface area contributed by atoms with Crippen LogP contribution in [0.5, 0.6) is 0 Å². The Morgan fingerprint density at radius 3 is 2.55 bits per heavy atom. The maximum Gasteiger partial charge on any atom is 0.377 e. The van der Waals surface area contributed by atoms with Crippen LogP contribution in [-0.2, 0) is 24.4 Å². The normalized spacial score (nSPS) is 11.2. The predicted octanol–water partition coefficient (Wildman–Crippen LogP) is 2.36. The average molecular weight is 280 g/mol. The van der Waals surface area contributed by atoms with E-state index in [1.807, 2.05) is 6.92 Å². The van der Waals surface area contributed by atoms with E-state index in [1.165, 1.54) is 0 Å². The van der Waals surface area contributed by atoms with E-state index in [1.54, 1.807) is 30.3 Å². The van der Waals surface area contributed by atoms with Crippen molar-refractivity contribution in [3.05, 3.63) is 42.0 Å². The average Bonchev–Trinajstić information content (AvgIpc) is 2.45. The lowest BCUT2D eigenvalue weighted by Gasteiger charge is -2.05. The molecule has 6 nitrogen and oxygen atoms in total. The number of unbranched alkanes of at least 4 members (excludes halogenated alkanes) is 1. The molecule has 20 heavy (non-hydrogen) atoms. The van der Waals surface area contributed by atoms with Crippen LogP contribution in [0, 0.1) is 0 Å². The molecule has 0 spiro atoms. The Labute approximate surface area is 116 Å². The van der Waals surface area contributed by atoms with Crippen molar-refractivity contribution in [3.8, 4) is 0 Å². The Morgan fingerprint density at radius 1 is 1.25 bits per heavy atom. The summed E-state index contributed by atoms with van der Waals surface area (Å²) in [5.41, 5.74) is 0.286. The van der Waals surface area contributed by atoms with Gasteiger partial charge < -0.3 is 5.11 Å². The molecular formula is C14H16O6. The third kappa shape index (κ3) is 5.64. The highest BCUT2D eigenvalue weighted by Crippen LogP contribution is 2.16. The number of rotatable bonds is 8. The molecule has 1 rings (SSSR count). The number of hydrogen-bond acceptors (Lipinski definition) is 5. The summed E-state index contributed by atoms with van der Waals surface area (Å²) in [4.78, 5) is 31.5. The van der Waals surface area contributed by atoms with E-state index in [2.05, 4.69) is 14.8 Å². The summed E-state index contributed by atoms with van der Waals surface area (Å²) in [6, 6.07) is 8.29. The third-order valence-electron chi connectivity index (χ3n) is 2.31. The van der Waals surface area contributed by atoms with Crippen LogP contribution in [-0.4, -0.2) is 23.7 Å². The fraction of sp³-hybridized carbons (Fsp3) is 0.286. The van der Waals surface area contributed by atoms with Crippen LogP contribution in [0.4, 0.5) is 0 Å². The summed E-state index contributed by atoms with van der Waals surface area (Å²) in [6.07, 6.45) is 2.42. The second kappa shape index (κ2) is 8.84. The first-order chi connectivity index (χ1) is 9.65. The van der Waals surface area contributed by atoms with Crippen LogP contribution in [0.1, 0.15) is 25.3 Å². The van der Waals surface area contributed by atoms with E-state index in [0.717, 1.165) is 18.9 Å². The first kappa shape index (κ1) is 15.9. The van der Waals surface area contributed by atoms with Crippen molar-refractivity contribution in [2.24, 2.45) is 0 Å². The predicted molar refractivity (Wildman–Crippen MR) is 70.1 cm³/mol. The molecule has 6 heteroatoms. The van der Waals surface area contributed by atoms with Gasteiger partial charge in [-0.3, -0.25) is 4.89 Å². The molecule has 0 heterocycles. The second-order valence-electron chi connectivity index (χ2n) is 3.88. The zero-order chi connectivity index (χ0) is 14.8. The van der Waals surface area contributed by atoms with Crippen LogP contribution >= 0.6 is 0 Å². The summed E-state index contributed by atoms with van der Waals surface area (Å²) in [7, 11) is 0. The number of carboxylic acid groups (broad SMARTS) is 1. The van der Waals surface area contributed by atoms with E-state index in [4.69, 9.17) is 5.11 Å². The summed E-state index contributed by atoms with van der Waals surface area (Å²) >= 11 is 0. The van der Waals surface area contributed by atoms with E-state index in [9.17, 15) is 9.59 Å². The second-order valence-corrected chi connectivity index (χ2v) is 3.88. The molecule has 0 bridgehead atoms. The molecule has 1 aromatic carbocycles. The Hall–Kier alpha value is -2.18. The van der Waals surface area contributed by atoms with Gasteiger partial charge in [-0.05, 0) is 17.0 Å². The van der Waals surface area contributed by atoms with Gasteiger partial charge in [0.1, 0.15) is 0 Å². The Bertz CT molecular complexity index is 466. The number of hydrogen-bond donors (Lipinski definition) is 1. The lowest BCUT2D eigenvalue weighted by atomic mass is 10.1. The number of carbonyl (C=O) groups is 2. The van der Waals surface area contributed by atoms with E-state index < -0.39 is 11.9 Å². The zero-order valence-corrected chi connectivity index (χ0v) is 11.1. The van der Waals surface area contributed by atoms with Crippen LogP contribution in [0.25, 0.3) is 5.57 Å². The summed E-state index contributed by atoms with van der Waals surface area (Å²) in [6.45, 7) is 2.26. The summed E-state index contributed by atoms with van der Waals surface area (Å²) in [5.74, 6) is -2.19. The molecule has 0 aliphatic heterocycles. The maximum absolute atomic E-state index is 11.8. The van der Waals surface area contributed by atoms with Crippen molar-refractivity contribution in [2.75, 3.05) is 6.61 Å². The highest BCUT2D eigenvalue weighted by molar-refractivity contribution is 6.20. The minimum atomic E-state index is -1.26. The van der Waals surface area contributed by atoms with E-state index >= 15 is 0 Å². The Kier molecular flexibility index (Phi) is 7.02. The van der Waals surface area contributed by atoms with Crippen LogP contribution in [0.15, 0.2) is 36.4 Å². The highest BCUT2D eigenvalue weighted by atomic mass is 17.5. The molecular weight excluding hydrogens is 264 g/mol. The molecule has 0 aromatic heterocycles. The molecule has 0 unspecified atom stereocenters. The molecule has 0 amide bonds. The summed E-state index contributed by atoms with van der Waals surface area (Å²) < 4.78 is 0. The molecule has 0 saturated carbocycles. The standard InChI is InChI=1S/C14H16O6/c1-2-3-9-18-20-19-14(17)12(10-13(15)16)11-7-5-4-6-8-11/h4-8,10H,2-3,9H2,1H3,(H,15,16). The highest BCUT2D eigenvalue weighted by Gasteiger charge is 2.16. The van der Waals surface area contributed by atoms with E-state index in [-0.39, 0.29) is 12.2 Å². The van der Waals surface area contributed by atoms with Gasteiger partial charge in [0.15, 0.2) is 0 Å². The van der Waals surface area contributed by atoms with Crippen molar-refractivity contribution >= 4 is 17.5 Å². The molecule has 1 aromatic rings. The summed E-state index contributed by atoms with van der Waals surface area (Å²) in [5, 5.41) is 13.1. The lowest BCUT2D eigenvalue weighted by molar-refractivity contribution is -0.484. The number of carboxylic acids is 1. The number of carbonyl (C=O) groups excluding carboxylic acids is 1. The largest absolute Gasteiger partial charge is 0.478 e. The quantitative estimate of drug-likeness (QED) is 0.341. The molecule has 0 radical (unpaired) electrons. The Morgan fingerprint density at radius 2 is 1.95 bits per heavy atom. The smallest absolute Gasteiger partial charge is 0.377 e. The van der Waals surface area contributed by atoms with Gasteiger partial charge in [0.25, 0.3) is 0 Å². The van der Waals surface area contributed by atoms with Gasteiger partial charge in [-0.1, -0.05) is 43.7 Å². The van der Waals surface area contributed by atoms with Gasteiger partial charge in [-0.15, -0.1) is 0 Å². The zero-order valence-electron chi connectivity index (χ0n) is 11.1. The van der Waals surface area contributed by atoms with Gasteiger partial charge in [-0.25, -0.2) is 9.59 Å². The minimum Gasteiger partial charge on any atom is -0.478 e. The van der Waals surface area contributed by atoms with Crippen LogP contribution in [0.2, 0.25) is 0 Å². The van der Waals surface area contributed by atoms with Crippen molar-refractivity contribution in [2.45, 2.75) is 19.8 Å². The van der Waals surface area contributed by atoms with Crippen LogP contribution < -0.4 is 0 Å². The van der Waals surface area contributed by atoms with Gasteiger partial charge >= 0.3 is 11.9 Å². The SMILES string of the molecule is CCCCOOOC(=O)C(=CC(=O)O)c1ccccc1. The Balaban J connectivity index is 2.66. The van der Waals surface area contributed by atoms with E-state index in [0.29, 0.717) is 5.56 Å². The fourth-order valence-corrected chi connectivity index (χ4v) is 1.34. The van der Waals surface area contributed by atoms with Gasteiger partial charge in [-0.2, -0.15) is 4.89 Å². The third-order valence-corrected chi connectivity index (χ3v) is 2.31. The fourth-order valence-electron chi connectivity index (χ4n) is 1.34. The lowest BCUT2D eigenvalue weighted by Crippen LogP contribution is -2.10.